The number of hydrogen-bond donors (Lipinski definition) is 0. The molecule has 0 aromatic carbocycles. The first-order chi connectivity index (χ1) is 15.7. The number of nitriles is 1. The Morgan fingerprint density at radius 3 is 2.58 bits per heavy atom. The second-order valence-corrected chi connectivity index (χ2v) is 10.5. The molecule has 0 radical (unpaired) electrons. The second-order valence-electron chi connectivity index (χ2n) is 10.5. The van der Waals surface area contributed by atoms with Crippen LogP contribution in [0.15, 0.2) is 6.07 Å². The van der Waals surface area contributed by atoms with Crippen LogP contribution in [0.2, 0.25) is 0 Å². The summed E-state index contributed by atoms with van der Waals surface area (Å²) in [7, 11) is 2.11. The van der Waals surface area contributed by atoms with Crippen LogP contribution in [-0.4, -0.2) is 82.4 Å². The van der Waals surface area contributed by atoms with Crippen molar-refractivity contribution >= 4 is 11.9 Å². The van der Waals surface area contributed by atoms with E-state index in [2.05, 4.69) is 27.9 Å². The molecule has 3 heterocycles. The van der Waals surface area contributed by atoms with Gasteiger partial charge in [-0.3, -0.25) is 4.90 Å². The molecule has 3 aliphatic rings. The monoisotopic (exact) mass is 456 g/mol. The van der Waals surface area contributed by atoms with Crippen molar-refractivity contribution in [1.82, 2.24) is 19.8 Å². The highest BCUT2D eigenvalue weighted by Crippen LogP contribution is 2.35. The summed E-state index contributed by atoms with van der Waals surface area (Å²) in [4.78, 5) is 28.3. The molecule has 2 saturated heterocycles. The Labute approximate surface area is 196 Å². The van der Waals surface area contributed by atoms with Crippen LogP contribution < -0.4 is 9.64 Å². The van der Waals surface area contributed by atoms with Crippen molar-refractivity contribution in [3.63, 3.8) is 0 Å². The van der Waals surface area contributed by atoms with E-state index in [4.69, 9.17) is 14.5 Å². The molecule has 9 heteroatoms. The normalized spacial score (nSPS) is 26.6. The lowest BCUT2D eigenvalue weighted by molar-refractivity contribution is 0.0114. The van der Waals surface area contributed by atoms with Crippen LogP contribution in [0.25, 0.3) is 0 Å². The first kappa shape index (κ1) is 23.6. The van der Waals surface area contributed by atoms with Crippen LogP contribution in [-0.2, 0) is 4.74 Å². The number of hydrogen-bond acceptors (Lipinski definition) is 8. The molecule has 33 heavy (non-hydrogen) atoms. The van der Waals surface area contributed by atoms with Gasteiger partial charge in [-0.2, -0.15) is 15.2 Å². The Morgan fingerprint density at radius 1 is 1.15 bits per heavy atom. The van der Waals surface area contributed by atoms with Crippen LogP contribution in [0.3, 0.4) is 0 Å². The van der Waals surface area contributed by atoms with E-state index in [9.17, 15) is 10.1 Å². The Hall–Kier alpha value is -2.60. The van der Waals surface area contributed by atoms with Crippen molar-refractivity contribution in [2.45, 2.75) is 89.6 Å². The summed E-state index contributed by atoms with van der Waals surface area (Å²) < 4.78 is 11.8. The standard InChI is InChI=1S/C24H36N6O3/c1-16(18-10-7-11-28(18)5)32-22-26-17(15-25)14-21(27-22)29-12-13-30(20-9-6-8-19(20)29)23(31)33-24(2,3)4/h14,16,18-20H,6-13H2,1-5H3/t16-,18-,19?,20?/m0/s1. The van der Waals surface area contributed by atoms with E-state index in [0.717, 1.165) is 38.6 Å². The number of likely N-dealkylation sites (N-methyl/N-ethyl adjacent to an activating group) is 1. The molecule has 180 valence electrons. The van der Waals surface area contributed by atoms with Gasteiger partial charge in [-0.05, 0) is 73.4 Å². The molecule has 0 spiro atoms. The van der Waals surface area contributed by atoms with Gasteiger partial charge in [0.2, 0.25) is 0 Å². The van der Waals surface area contributed by atoms with Crippen LogP contribution in [0.1, 0.15) is 65.5 Å². The second kappa shape index (κ2) is 9.34. The Morgan fingerprint density at radius 2 is 1.91 bits per heavy atom. The molecule has 1 amide bonds. The van der Waals surface area contributed by atoms with Gasteiger partial charge in [0.15, 0.2) is 0 Å². The Balaban J connectivity index is 1.53. The van der Waals surface area contributed by atoms with Crippen LogP contribution in [0.4, 0.5) is 10.6 Å². The lowest BCUT2D eigenvalue weighted by Gasteiger charge is -2.45. The summed E-state index contributed by atoms with van der Waals surface area (Å²) in [5, 5.41) is 9.59. The molecular weight excluding hydrogens is 420 g/mol. The van der Waals surface area contributed by atoms with E-state index < -0.39 is 5.60 Å². The number of ether oxygens (including phenoxy) is 2. The summed E-state index contributed by atoms with van der Waals surface area (Å²) in [5.41, 5.74) is -0.224. The number of aromatic nitrogens is 2. The molecular formula is C24H36N6O3. The number of piperazine rings is 1. The minimum absolute atomic E-state index is 0.0671. The molecule has 9 nitrogen and oxygen atoms in total. The number of carbonyl (C=O) groups is 1. The minimum atomic E-state index is -0.521. The molecule has 4 rings (SSSR count). The predicted octanol–water partition coefficient (Wildman–Crippen LogP) is 3.19. The van der Waals surface area contributed by atoms with E-state index in [1.165, 1.54) is 0 Å². The highest BCUT2D eigenvalue weighted by atomic mass is 16.6. The van der Waals surface area contributed by atoms with Crippen molar-refractivity contribution in [3.05, 3.63) is 11.8 Å². The van der Waals surface area contributed by atoms with Crippen molar-refractivity contribution in [2.24, 2.45) is 0 Å². The minimum Gasteiger partial charge on any atom is -0.459 e. The average molecular weight is 457 g/mol. The molecule has 1 aliphatic carbocycles. The number of carbonyl (C=O) groups excluding carboxylic acids is 1. The fourth-order valence-electron chi connectivity index (χ4n) is 5.47. The van der Waals surface area contributed by atoms with Gasteiger partial charge in [-0.25, -0.2) is 4.79 Å². The quantitative estimate of drug-likeness (QED) is 0.682. The summed E-state index contributed by atoms with van der Waals surface area (Å²) in [6, 6.07) is 4.67. The van der Waals surface area contributed by atoms with Gasteiger partial charge in [-0.15, -0.1) is 0 Å². The van der Waals surface area contributed by atoms with Crippen LogP contribution in [0.5, 0.6) is 6.01 Å². The smallest absolute Gasteiger partial charge is 0.410 e. The van der Waals surface area contributed by atoms with E-state index in [0.29, 0.717) is 30.6 Å². The van der Waals surface area contributed by atoms with Gasteiger partial charge in [-0.1, -0.05) is 0 Å². The van der Waals surface area contributed by atoms with Crippen molar-refractivity contribution < 1.29 is 14.3 Å². The number of anilines is 1. The molecule has 0 bridgehead atoms. The van der Waals surface area contributed by atoms with Crippen molar-refractivity contribution in [2.75, 3.05) is 31.6 Å². The topological polar surface area (TPSA) is 94.8 Å². The maximum Gasteiger partial charge on any atom is 0.410 e. The fourth-order valence-corrected chi connectivity index (χ4v) is 5.47. The molecule has 1 aromatic rings. The zero-order chi connectivity index (χ0) is 23.8. The molecule has 4 atom stereocenters. The lowest BCUT2D eigenvalue weighted by atomic mass is 10.1. The van der Waals surface area contributed by atoms with Crippen molar-refractivity contribution in [1.29, 1.82) is 5.26 Å². The summed E-state index contributed by atoms with van der Waals surface area (Å²) in [6.45, 7) is 9.97. The third-order valence-electron chi connectivity index (χ3n) is 6.97. The Kier molecular flexibility index (Phi) is 6.66. The van der Waals surface area contributed by atoms with Gasteiger partial charge in [0, 0.05) is 25.2 Å². The molecule has 3 fully saturated rings. The maximum atomic E-state index is 12.8. The Bertz CT molecular complexity index is 910. The molecule has 1 saturated carbocycles. The summed E-state index contributed by atoms with van der Waals surface area (Å²) in [6.07, 6.45) is 4.86. The number of likely N-dealkylation sites (tertiary alicyclic amines) is 1. The zero-order valence-electron chi connectivity index (χ0n) is 20.5. The number of amides is 1. The summed E-state index contributed by atoms with van der Waals surface area (Å²) >= 11 is 0. The third-order valence-corrected chi connectivity index (χ3v) is 6.97. The van der Waals surface area contributed by atoms with Gasteiger partial charge in [0.05, 0.1) is 12.1 Å². The van der Waals surface area contributed by atoms with Crippen LogP contribution >= 0.6 is 0 Å². The first-order valence-corrected chi connectivity index (χ1v) is 12.1. The van der Waals surface area contributed by atoms with Gasteiger partial charge in [0.1, 0.15) is 29.3 Å². The SMILES string of the molecule is C[C@H](Oc1nc(C#N)cc(N2CCN(C(=O)OC(C)(C)C)C3CCCC32)n1)[C@@H]1CCCN1C. The summed E-state index contributed by atoms with van der Waals surface area (Å²) in [5.74, 6) is 0.698. The third kappa shape index (κ3) is 5.16. The fraction of sp³-hybridized carbons (Fsp3) is 0.750. The van der Waals surface area contributed by atoms with E-state index in [-0.39, 0.29) is 30.3 Å². The van der Waals surface area contributed by atoms with Crippen LogP contribution in [0, 0.1) is 11.3 Å². The molecule has 0 N–H and O–H groups in total. The van der Waals surface area contributed by atoms with E-state index >= 15 is 0 Å². The first-order valence-electron chi connectivity index (χ1n) is 12.1. The average Bonchev–Trinajstić information content (AvgIpc) is 3.40. The van der Waals surface area contributed by atoms with E-state index in [1.807, 2.05) is 32.6 Å². The number of fused-ring (bicyclic) bond motifs is 1. The molecule has 2 unspecified atom stereocenters. The number of rotatable bonds is 4. The van der Waals surface area contributed by atoms with Gasteiger partial charge < -0.3 is 19.3 Å². The van der Waals surface area contributed by atoms with E-state index in [1.54, 1.807) is 6.07 Å². The highest BCUT2D eigenvalue weighted by molar-refractivity contribution is 5.69. The molecule has 2 aliphatic heterocycles. The molecule has 1 aromatic heterocycles. The predicted molar refractivity (Wildman–Crippen MR) is 124 cm³/mol. The van der Waals surface area contributed by atoms with Gasteiger partial charge >= 0.3 is 12.1 Å². The number of nitrogens with zero attached hydrogens (tertiary/aromatic N) is 6. The lowest BCUT2D eigenvalue weighted by Crippen LogP contribution is -2.60. The maximum absolute atomic E-state index is 12.8. The highest BCUT2D eigenvalue weighted by Gasteiger charge is 2.43. The van der Waals surface area contributed by atoms with Gasteiger partial charge in [0.25, 0.3) is 0 Å². The zero-order valence-corrected chi connectivity index (χ0v) is 20.5. The largest absolute Gasteiger partial charge is 0.459 e. The van der Waals surface area contributed by atoms with Crippen molar-refractivity contribution in [3.8, 4) is 12.1 Å².